The minimum Gasteiger partial charge on any atom is -0.352 e. The fourth-order valence-electron chi connectivity index (χ4n) is 4.89. The molecule has 0 radical (unpaired) electrons. The number of nitrogens with one attached hydrogen (secondary N) is 1. The Hall–Kier alpha value is -2.87. The SMILES string of the molecule is CCc1ccccc1N(CC(=O)N(Cc1ccccc1)[C@H](CC)C(=O)NC1CCCCC1)S(C)(=O)=O. The second kappa shape index (κ2) is 12.9. The Kier molecular flexibility index (Phi) is 9.93. The highest BCUT2D eigenvalue weighted by Crippen LogP contribution is 2.25. The van der Waals surface area contributed by atoms with Crippen LogP contribution in [0.2, 0.25) is 0 Å². The van der Waals surface area contributed by atoms with Crippen LogP contribution in [0, 0.1) is 0 Å². The van der Waals surface area contributed by atoms with Crippen LogP contribution in [0.5, 0.6) is 0 Å². The van der Waals surface area contributed by atoms with Crippen LogP contribution in [0.15, 0.2) is 54.6 Å². The Morgan fingerprint density at radius 1 is 0.972 bits per heavy atom. The third-order valence-corrected chi connectivity index (χ3v) is 7.98. The molecular formula is C28H39N3O4S. The lowest BCUT2D eigenvalue weighted by molar-refractivity contribution is -0.140. The summed E-state index contributed by atoms with van der Waals surface area (Å²) in [5, 5.41) is 3.16. The zero-order valence-corrected chi connectivity index (χ0v) is 22.5. The number of sulfonamides is 1. The lowest BCUT2D eigenvalue weighted by atomic mass is 9.95. The summed E-state index contributed by atoms with van der Waals surface area (Å²) in [4.78, 5) is 28.8. The fraction of sp³-hybridized carbons (Fsp3) is 0.500. The van der Waals surface area contributed by atoms with Crippen LogP contribution in [-0.4, -0.2) is 50.0 Å². The summed E-state index contributed by atoms with van der Waals surface area (Å²) in [5.41, 5.74) is 2.22. The van der Waals surface area contributed by atoms with Gasteiger partial charge in [0.2, 0.25) is 21.8 Å². The first-order chi connectivity index (χ1) is 17.2. The third-order valence-electron chi connectivity index (χ3n) is 6.85. The monoisotopic (exact) mass is 513 g/mol. The van der Waals surface area contributed by atoms with E-state index in [4.69, 9.17) is 0 Å². The van der Waals surface area contributed by atoms with Crippen molar-refractivity contribution in [2.75, 3.05) is 17.1 Å². The van der Waals surface area contributed by atoms with E-state index in [1.807, 2.05) is 56.3 Å². The first kappa shape index (κ1) is 27.7. The van der Waals surface area contributed by atoms with E-state index < -0.39 is 22.0 Å². The van der Waals surface area contributed by atoms with Crippen molar-refractivity contribution in [2.24, 2.45) is 0 Å². The Balaban J connectivity index is 1.91. The molecule has 0 bridgehead atoms. The van der Waals surface area contributed by atoms with Gasteiger partial charge in [-0.2, -0.15) is 0 Å². The molecule has 1 N–H and O–H groups in total. The molecule has 2 aromatic rings. The van der Waals surface area contributed by atoms with Crippen molar-refractivity contribution in [3.63, 3.8) is 0 Å². The van der Waals surface area contributed by atoms with Gasteiger partial charge in [-0.15, -0.1) is 0 Å². The van der Waals surface area contributed by atoms with Gasteiger partial charge in [0.25, 0.3) is 0 Å². The number of hydrogen-bond acceptors (Lipinski definition) is 4. The lowest BCUT2D eigenvalue weighted by Gasteiger charge is -2.34. The molecule has 1 atom stereocenters. The summed E-state index contributed by atoms with van der Waals surface area (Å²) in [6.07, 6.45) is 7.44. The summed E-state index contributed by atoms with van der Waals surface area (Å²) >= 11 is 0. The Morgan fingerprint density at radius 2 is 1.61 bits per heavy atom. The minimum absolute atomic E-state index is 0.123. The first-order valence-corrected chi connectivity index (χ1v) is 14.8. The second-order valence-corrected chi connectivity index (χ2v) is 11.4. The molecule has 0 aromatic heterocycles. The summed E-state index contributed by atoms with van der Waals surface area (Å²) in [6.45, 7) is 3.70. The predicted molar refractivity (Wildman–Crippen MR) is 144 cm³/mol. The number of carbonyl (C=O) groups is 2. The van der Waals surface area contributed by atoms with Gasteiger partial charge in [0.15, 0.2) is 0 Å². The normalized spacial score (nSPS) is 15.2. The zero-order chi connectivity index (χ0) is 26.1. The van der Waals surface area contributed by atoms with Gasteiger partial charge in [-0.05, 0) is 42.9 Å². The summed E-state index contributed by atoms with van der Waals surface area (Å²) in [6, 6.07) is 16.1. The third kappa shape index (κ3) is 7.32. The van der Waals surface area contributed by atoms with Crippen LogP contribution in [-0.2, 0) is 32.6 Å². The number of hydrogen-bond donors (Lipinski definition) is 1. The van der Waals surface area contributed by atoms with Crippen molar-refractivity contribution in [3.8, 4) is 0 Å². The van der Waals surface area contributed by atoms with E-state index in [-0.39, 0.29) is 25.0 Å². The number of carbonyl (C=O) groups excluding carboxylic acids is 2. The number of rotatable bonds is 11. The minimum atomic E-state index is -3.74. The van der Waals surface area contributed by atoms with E-state index in [0.717, 1.165) is 47.4 Å². The lowest BCUT2D eigenvalue weighted by Crippen LogP contribution is -2.54. The predicted octanol–water partition coefficient (Wildman–Crippen LogP) is 4.27. The quantitative estimate of drug-likeness (QED) is 0.486. The largest absolute Gasteiger partial charge is 0.352 e. The standard InChI is InChI=1S/C28H39N3O4S/c1-4-23-16-12-13-19-26(23)31(36(3,34)35)21-27(32)30(20-22-14-8-6-9-15-22)25(5-2)28(33)29-24-17-10-7-11-18-24/h6,8-9,12-16,19,24-25H,4-5,7,10-11,17-18,20-21H2,1-3H3,(H,29,33)/t25-/m1/s1. The highest BCUT2D eigenvalue weighted by molar-refractivity contribution is 7.92. The van der Waals surface area contributed by atoms with Crippen molar-refractivity contribution in [1.82, 2.24) is 10.2 Å². The molecule has 8 heteroatoms. The van der Waals surface area contributed by atoms with Crippen molar-refractivity contribution in [1.29, 1.82) is 0 Å². The van der Waals surface area contributed by atoms with Crippen LogP contribution in [0.25, 0.3) is 0 Å². The number of benzene rings is 2. The maximum atomic E-state index is 13.8. The van der Waals surface area contributed by atoms with Gasteiger partial charge in [0, 0.05) is 12.6 Å². The number of para-hydroxylation sites is 1. The molecule has 0 aliphatic heterocycles. The Morgan fingerprint density at radius 3 is 2.22 bits per heavy atom. The molecule has 7 nitrogen and oxygen atoms in total. The molecule has 1 fully saturated rings. The zero-order valence-electron chi connectivity index (χ0n) is 21.7. The van der Waals surface area contributed by atoms with Gasteiger partial charge in [0.1, 0.15) is 12.6 Å². The Labute approximate surface area is 215 Å². The molecule has 1 saturated carbocycles. The summed E-state index contributed by atoms with van der Waals surface area (Å²) < 4.78 is 26.8. The molecule has 2 aromatic carbocycles. The first-order valence-electron chi connectivity index (χ1n) is 12.9. The molecule has 3 rings (SSSR count). The van der Waals surface area contributed by atoms with E-state index in [1.54, 1.807) is 17.0 Å². The Bertz CT molecular complexity index is 1110. The van der Waals surface area contributed by atoms with Gasteiger partial charge in [-0.1, -0.05) is 81.6 Å². The van der Waals surface area contributed by atoms with Gasteiger partial charge < -0.3 is 10.2 Å². The number of amides is 2. The van der Waals surface area contributed by atoms with Crippen molar-refractivity contribution in [3.05, 3.63) is 65.7 Å². The number of nitrogens with zero attached hydrogens (tertiary/aromatic N) is 2. The number of anilines is 1. The molecule has 0 unspecified atom stereocenters. The van der Waals surface area contributed by atoms with Gasteiger partial charge >= 0.3 is 0 Å². The molecule has 1 aliphatic carbocycles. The smallest absolute Gasteiger partial charge is 0.244 e. The molecule has 196 valence electrons. The van der Waals surface area contributed by atoms with Gasteiger partial charge in [-0.3, -0.25) is 13.9 Å². The van der Waals surface area contributed by atoms with E-state index in [2.05, 4.69) is 5.32 Å². The summed E-state index contributed by atoms with van der Waals surface area (Å²) in [5.74, 6) is -0.575. The summed E-state index contributed by atoms with van der Waals surface area (Å²) in [7, 11) is -3.74. The van der Waals surface area contributed by atoms with Crippen LogP contribution in [0.1, 0.15) is 63.5 Å². The van der Waals surface area contributed by atoms with E-state index in [1.165, 1.54) is 6.42 Å². The highest BCUT2D eigenvalue weighted by atomic mass is 32.2. The van der Waals surface area contributed by atoms with Crippen molar-refractivity contribution >= 4 is 27.5 Å². The van der Waals surface area contributed by atoms with Crippen molar-refractivity contribution in [2.45, 2.75) is 77.4 Å². The van der Waals surface area contributed by atoms with Crippen molar-refractivity contribution < 1.29 is 18.0 Å². The molecule has 0 spiro atoms. The van der Waals surface area contributed by atoms with E-state index in [0.29, 0.717) is 18.5 Å². The molecule has 36 heavy (non-hydrogen) atoms. The molecule has 1 aliphatic rings. The average molecular weight is 514 g/mol. The van der Waals surface area contributed by atoms with Crippen LogP contribution < -0.4 is 9.62 Å². The van der Waals surface area contributed by atoms with E-state index >= 15 is 0 Å². The highest BCUT2D eigenvalue weighted by Gasteiger charge is 2.33. The second-order valence-electron chi connectivity index (χ2n) is 9.53. The molecule has 0 heterocycles. The van der Waals surface area contributed by atoms with Gasteiger partial charge in [-0.25, -0.2) is 8.42 Å². The van der Waals surface area contributed by atoms with Gasteiger partial charge in [0.05, 0.1) is 11.9 Å². The topological polar surface area (TPSA) is 86.8 Å². The maximum absolute atomic E-state index is 13.8. The van der Waals surface area contributed by atoms with E-state index in [9.17, 15) is 18.0 Å². The molecular weight excluding hydrogens is 474 g/mol. The number of aryl methyl sites for hydroxylation is 1. The molecule has 0 saturated heterocycles. The van der Waals surface area contributed by atoms with Crippen LogP contribution in [0.4, 0.5) is 5.69 Å². The fourth-order valence-corrected chi connectivity index (χ4v) is 5.77. The molecule has 2 amide bonds. The average Bonchev–Trinajstić information content (AvgIpc) is 2.87. The van der Waals surface area contributed by atoms with Crippen LogP contribution >= 0.6 is 0 Å². The maximum Gasteiger partial charge on any atom is 0.244 e. The van der Waals surface area contributed by atoms with Crippen LogP contribution in [0.3, 0.4) is 0 Å².